The van der Waals surface area contributed by atoms with E-state index in [2.05, 4.69) is 193 Å². The summed E-state index contributed by atoms with van der Waals surface area (Å²) in [5.41, 5.74) is 8.22. The van der Waals surface area contributed by atoms with Gasteiger partial charge in [0.05, 0.1) is 0 Å². The first-order valence-electron chi connectivity index (χ1n) is 17.1. The summed E-state index contributed by atoms with van der Waals surface area (Å²) in [6.45, 7) is 0. The lowest BCUT2D eigenvalue weighted by Crippen LogP contribution is -2.09. The lowest BCUT2D eigenvalue weighted by Gasteiger charge is -2.26. The molecule has 0 aliphatic heterocycles. The Labute approximate surface area is 294 Å². The third-order valence-corrected chi connectivity index (χ3v) is 11.2. The van der Waals surface area contributed by atoms with Gasteiger partial charge >= 0.3 is 0 Å². The highest BCUT2D eigenvalue weighted by atomic mass is 32.1. The zero-order valence-corrected chi connectivity index (χ0v) is 28.1. The molecule has 10 aromatic rings. The second-order valence-corrected chi connectivity index (χ2v) is 14.0. The smallest absolute Gasteiger partial charge is 0.0476 e. The van der Waals surface area contributed by atoms with Crippen LogP contribution < -0.4 is 4.90 Å². The van der Waals surface area contributed by atoms with Gasteiger partial charge in [-0.05, 0) is 103 Å². The Hall–Kier alpha value is -6.22. The number of thiophene rings is 1. The van der Waals surface area contributed by atoms with Crippen molar-refractivity contribution in [1.82, 2.24) is 0 Å². The van der Waals surface area contributed by atoms with Crippen LogP contribution in [0.1, 0.15) is 0 Å². The molecule has 0 spiro atoms. The highest BCUT2D eigenvalue weighted by Gasteiger charge is 2.16. The lowest BCUT2D eigenvalue weighted by atomic mass is 9.94. The zero-order chi connectivity index (χ0) is 33.0. The SMILES string of the molecule is c1ccc(-c2cccc(N(c3ccc(-c4ccc5ccc6c7ccccc7ccc6c5c4)cc3)c3ccc4c(c3)sc3ccccc34)c2)cc1. The summed E-state index contributed by atoms with van der Waals surface area (Å²) in [5.74, 6) is 0. The third kappa shape index (κ3) is 4.84. The van der Waals surface area contributed by atoms with E-state index in [1.165, 1.54) is 74.7 Å². The van der Waals surface area contributed by atoms with Crippen molar-refractivity contribution in [2.75, 3.05) is 4.90 Å². The summed E-state index contributed by atoms with van der Waals surface area (Å²) < 4.78 is 2.61. The molecule has 0 unspecified atom stereocenters. The number of hydrogen-bond donors (Lipinski definition) is 0. The van der Waals surface area contributed by atoms with Crippen LogP contribution in [0.2, 0.25) is 0 Å². The quantitative estimate of drug-likeness (QED) is 0.167. The molecule has 9 aromatic carbocycles. The summed E-state index contributed by atoms with van der Waals surface area (Å²) in [6.07, 6.45) is 0. The van der Waals surface area contributed by atoms with Crippen molar-refractivity contribution >= 4 is 80.9 Å². The van der Waals surface area contributed by atoms with Crippen LogP contribution >= 0.6 is 11.3 Å². The van der Waals surface area contributed by atoms with Crippen molar-refractivity contribution in [2.45, 2.75) is 0 Å². The van der Waals surface area contributed by atoms with Gasteiger partial charge in [-0.25, -0.2) is 0 Å². The standard InChI is InChI=1S/C48H31NS/c1-2-9-32(10-3-1)36-12-8-13-39(29-36)49(40-25-28-45-44-15-6-7-16-47(44)50-48(45)31-40)38-23-19-33(20-24-38)37-18-17-35-22-26-42-41-14-5-4-11-34(41)21-27-43(42)46(35)30-37/h1-31H. The van der Waals surface area contributed by atoms with Crippen LogP contribution in [0.4, 0.5) is 17.1 Å². The fourth-order valence-electron chi connectivity index (χ4n) is 7.56. The van der Waals surface area contributed by atoms with E-state index in [1.54, 1.807) is 0 Å². The largest absolute Gasteiger partial charge is 0.310 e. The van der Waals surface area contributed by atoms with E-state index in [9.17, 15) is 0 Å². The Morgan fingerprint density at radius 2 is 0.840 bits per heavy atom. The van der Waals surface area contributed by atoms with Gasteiger partial charge < -0.3 is 4.90 Å². The summed E-state index contributed by atoms with van der Waals surface area (Å²) >= 11 is 1.86. The first-order chi connectivity index (χ1) is 24.8. The number of anilines is 3. The summed E-state index contributed by atoms with van der Waals surface area (Å²) in [7, 11) is 0. The molecule has 234 valence electrons. The van der Waals surface area contributed by atoms with E-state index < -0.39 is 0 Å². The molecule has 0 radical (unpaired) electrons. The zero-order valence-electron chi connectivity index (χ0n) is 27.3. The number of hydrogen-bond acceptors (Lipinski definition) is 2. The minimum absolute atomic E-state index is 1.12. The molecule has 0 amide bonds. The van der Waals surface area contributed by atoms with Crippen molar-refractivity contribution in [2.24, 2.45) is 0 Å². The minimum atomic E-state index is 1.12. The van der Waals surface area contributed by atoms with Gasteiger partial charge in [0.1, 0.15) is 0 Å². The Morgan fingerprint density at radius 1 is 0.280 bits per heavy atom. The fourth-order valence-corrected chi connectivity index (χ4v) is 8.70. The van der Waals surface area contributed by atoms with Gasteiger partial charge in [0.25, 0.3) is 0 Å². The summed E-state index contributed by atoms with van der Waals surface area (Å²) in [6, 6.07) is 68.8. The molecule has 10 rings (SSSR count). The maximum atomic E-state index is 2.39. The first-order valence-corrected chi connectivity index (χ1v) is 17.9. The van der Waals surface area contributed by atoms with E-state index in [4.69, 9.17) is 0 Å². The predicted octanol–water partition coefficient (Wildman–Crippen LogP) is 14.3. The van der Waals surface area contributed by atoms with Crippen molar-refractivity contribution < 1.29 is 0 Å². The van der Waals surface area contributed by atoms with Crippen LogP contribution in [0.3, 0.4) is 0 Å². The Morgan fingerprint density at radius 3 is 1.70 bits per heavy atom. The molecule has 0 atom stereocenters. The van der Waals surface area contributed by atoms with Gasteiger partial charge in [-0.1, -0.05) is 140 Å². The van der Waals surface area contributed by atoms with Crippen LogP contribution in [0.25, 0.3) is 74.7 Å². The van der Waals surface area contributed by atoms with Gasteiger partial charge in [0.2, 0.25) is 0 Å². The van der Waals surface area contributed by atoms with Gasteiger partial charge in [0, 0.05) is 37.2 Å². The van der Waals surface area contributed by atoms with Crippen molar-refractivity contribution in [1.29, 1.82) is 0 Å². The van der Waals surface area contributed by atoms with E-state index >= 15 is 0 Å². The Kier molecular flexibility index (Phi) is 6.75. The van der Waals surface area contributed by atoms with Crippen molar-refractivity contribution in [3.63, 3.8) is 0 Å². The van der Waals surface area contributed by atoms with Gasteiger partial charge in [-0.2, -0.15) is 0 Å². The number of fused-ring (bicyclic) bond motifs is 8. The van der Waals surface area contributed by atoms with Gasteiger partial charge in [-0.3, -0.25) is 0 Å². The molecular weight excluding hydrogens is 623 g/mol. The molecule has 0 saturated carbocycles. The second-order valence-electron chi connectivity index (χ2n) is 13.0. The average molecular weight is 654 g/mol. The molecule has 1 nitrogen and oxygen atoms in total. The third-order valence-electron chi connectivity index (χ3n) is 10.0. The topological polar surface area (TPSA) is 3.24 Å². The van der Waals surface area contributed by atoms with E-state index in [0.717, 1.165) is 17.1 Å². The first kappa shape index (κ1) is 28.8. The maximum absolute atomic E-state index is 2.39. The summed E-state index contributed by atoms with van der Waals surface area (Å²) in [4.78, 5) is 2.39. The Balaban J connectivity index is 1.09. The van der Waals surface area contributed by atoms with Gasteiger partial charge in [0.15, 0.2) is 0 Å². The monoisotopic (exact) mass is 653 g/mol. The molecule has 0 N–H and O–H groups in total. The van der Waals surface area contributed by atoms with Crippen LogP contribution in [-0.4, -0.2) is 0 Å². The number of benzene rings is 9. The van der Waals surface area contributed by atoms with E-state index in [1.807, 2.05) is 11.3 Å². The molecule has 50 heavy (non-hydrogen) atoms. The molecular formula is C48H31NS. The molecule has 1 aromatic heterocycles. The van der Waals surface area contributed by atoms with Crippen molar-refractivity contribution in [3.05, 3.63) is 188 Å². The highest BCUT2D eigenvalue weighted by molar-refractivity contribution is 7.25. The van der Waals surface area contributed by atoms with Gasteiger partial charge in [-0.15, -0.1) is 11.3 Å². The number of nitrogens with zero attached hydrogens (tertiary/aromatic N) is 1. The van der Waals surface area contributed by atoms with Crippen LogP contribution in [0.5, 0.6) is 0 Å². The molecule has 1 heterocycles. The van der Waals surface area contributed by atoms with Crippen LogP contribution in [0, 0.1) is 0 Å². The molecule has 0 aliphatic carbocycles. The predicted molar refractivity (Wildman–Crippen MR) is 217 cm³/mol. The van der Waals surface area contributed by atoms with E-state index in [-0.39, 0.29) is 0 Å². The lowest BCUT2D eigenvalue weighted by molar-refractivity contribution is 1.29. The molecule has 0 aliphatic rings. The maximum Gasteiger partial charge on any atom is 0.0476 e. The minimum Gasteiger partial charge on any atom is -0.310 e. The molecule has 2 heteroatoms. The molecule has 0 saturated heterocycles. The fraction of sp³-hybridized carbons (Fsp3) is 0. The van der Waals surface area contributed by atoms with E-state index in [0.29, 0.717) is 0 Å². The Bertz CT molecular complexity index is 2870. The normalized spacial score (nSPS) is 11.6. The van der Waals surface area contributed by atoms with Crippen molar-refractivity contribution in [3.8, 4) is 22.3 Å². The van der Waals surface area contributed by atoms with Crippen LogP contribution in [0.15, 0.2) is 188 Å². The molecule has 0 bridgehead atoms. The summed E-state index contributed by atoms with van der Waals surface area (Å²) in [5, 5.41) is 10.3. The van der Waals surface area contributed by atoms with Crippen LogP contribution in [-0.2, 0) is 0 Å². The highest BCUT2D eigenvalue weighted by Crippen LogP contribution is 2.42. The second kappa shape index (κ2) is 11.7. The average Bonchev–Trinajstić information content (AvgIpc) is 3.56. The number of rotatable bonds is 5. The molecule has 0 fully saturated rings.